The summed E-state index contributed by atoms with van der Waals surface area (Å²) in [5.74, 6) is 2.18. The molecule has 170 valence electrons. The maximum Gasteiger partial charge on any atom is 0.252 e. The summed E-state index contributed by atoms with van der Waals surface area (Å²) >= 11 is 0. The predicted octanol–water partition coefficient (Wildman–Crippen LogP) is 5.88. The molecule has 3 aromatic rings. The summed E-state index contributed by atoms with van der Waals surface area (Å²) in [6.45, 7) is 5.36. The van der Waals surface area contributed by atoms with Gasteiger partial charge in [0.15, 0.2) is 0 Å². The Morgan fingerprint density at radius 2 is 2.00 bits per heavy atom. The first-order valence-electron chi connectivity index (χ1n) is 11.8. The molecular weight excluding hydrogens is 412 g/mol. The average Bonchev–Trinajstić information content (AvgIpc) is 2.85. The molecular formula is C28H30N2O3. The first-order chi connectivity index (χ1) is 16.1. The van der Waals surface area contributed by atoms with Gasteiger partial charge in [-0.1, -0.05) is 19.1 Å². The number of rotatable bonds is 5. The summed E-state index contributed by atoms with van der Waals surface area (Å²) in [4.78, 5) is 17.7. The molecule has 5 heteroatoms. The van der Waals surface area contributed by atoms with E-state index in [0.717, 1.165) is 59.4 Å². The highest BCUT2D eigenvalue weighted by Crippen LogP contribution is 2.41. The van der Waals surface area contributed by atoms with E-state index in [9.17, 15) is 4.79 Å². The number of carbonyl (C=O) groups is 1. The molecule has 0 atom stereocenters. The van der Waals surface area contributed by atoms with Crippen molar-refractivity contribution in [1.82, 2.24) is 10.3 Å². The van der Waals surface area contributed by atoms with Crippen molar-refractivity contribution in [3.63, 3.8) is 0 Å². The Bertz CT molecular complexity index is 1170. The van der Waals surface area contributed by atoms with E-state index in [1.165, 1.54) is 0 Å². The van der Waals surface area contributed by atoms with Gasteiger partial charge in [-0.3, -0.25) is 9.78 Å². The molecule has 2 aliphatic rings. The summed E-state index contributed by atoms with van der Waals surface area (Å²) in [6, 6.07) is 15.9. The third-order valence-electron chi connectivity index (χ3n) is 7.00. The Balaban J connectivity index is 1.45. The van der Waals surface area contributed by atoms with Crippen LogP contribution in [0.3, 0.4) is 0 Å². The molecule has 1 amide bonds. The number of hydrogen-bond donors (Lipinski definition) is 1. The summed E-state index contributed by atoms with van der Waals surface area (Å²) in [5, 5.41) is 3.42. The van der Waals surface area contributed by atoms with Crippen LogP contribution in [0.15, 0.2) is 60.9 Å². The number of ether oxygens (including phenoxy) is 2. The second kappa shape index (κ2) is 8.89. The van der Waals surface area contributed by atoms with Crippen LogP contribution in [0.2, 0.25) is 0 Å². The quantitative estimate of drug-likeness (QED) is 0.536. The summed E-state index contributed by atoms with van der Waals surface area (Å²) in [6.07, 6.45) is 7.62. The number of pyridine rings is 1. The molecule has 0 unspecified atom stereocenters. The molecule has 2 aromatic carbocycles. The summed E-state index contributed by atoms with van der Waals surface area (Å²) in [7, 11) is 0. The lowest BCUT2D eigenvalue weighted by molar-refractivity contribution is 0.0848. The van der Waals surface area contributed by atoms with Crippen LogP contribution in [0, 0.1) is 5.92 Å². The fourth-order valence-corrected chi connectivity index (χ4v) is 5.05. The Kier molecular flexibility index (Phi) is 5.79. The van der Waals surface area contributed by atoms with Crippen LogP contribution in [0.1, 0.15) is 61.0 Å². The highest BCUT2D eigenvalue weighted by Gasteiger charge is 2.38. The number of hydrogen-bond acceptors (Lipinski definition) is 4. The monoisotopic (exact) mass is 442 g/mol. The second-order valence-corrected chi connectivity index (χ2v) is 9.21. The van der Waals surface area contributed by atoms with Crippen molar-refractivity contribution < 1.29 is 14.3 Å². The minimum Gasteiger partial charge on any atom is -0.494 e. The lowest BCUT2D eigenvalue weighted by atomic mass is 9.73. The van der Waals surface area contributed by atoms with Crippen molar-refractivity contribution in [2.45, 2.75) is 51.7 Å². The van der Waals surface area contributed by atoms with Crippen molar-refractivity contribution in [3.05, 3.63) is 77.6 Å². The topological polar surface area (TPSA) is 60.5 Å². The molecule has 1 N–H and O–H groups in total. The zero-order chi connectivity index (χ0) is 22.8. The van der Waals surface area contributed by atoms with Crippen molar-refractivity contribution in [2.24, 2.45) is 5.92 Å². The number of aromatic nitrogens is 1. The lowest BCUT2D eigenvalue weighted by Crippen LogP contribution is -2.48. The van der Waals surface area contributed by atoms with E-state index in [0.29, 0.717) is 24.7 Å². The first-order valence-corrected chi connectivity index (χ1v) is 11.8. The molecule has 5 nitrogen and oxygen atoms in total. The molecule has 0 spiro atoms. The standard InChI is InChI=1S/C28H30N2O3/c1-3-32-23-6-4-5-22(16-23)28(12-9-19(2)10-13-28)30-27(31)20-7-8-25-24-11-14-29-17-21(24)18-33-26(25)15-20/h4-8,11,14-17,19H,3,9-10,12-13,18H2,1-2H3,(H,30,31). The van der Waals surface area contributed by atoms with E-state index >= 15 is 0 Å². The Morgan fingerprint density at radius 3 is 2.82 bits per heavy atom. The van der Waals surface area contributed by atoms with Crippen molar-refractivity contribution >= 4 is 5.91 Å². The zero-order valence-corrected chi connectivity index (χ0v) is 19.3. The molecule has 1 aliphatic carbocycles. The predicted molar refractivity (Wildman–Crippen MR) is 128 cm³/mol. The third-order valence-corrected chi connectivity index (χ3v) is 7.00. The molecule has 1 aliphatic heterocycles. The largest absolute Gasteiger partial charge is 0.494 e. The molecule has 33 heavy (non-hydrogen) atoms. The summed E-state index contributed by atoms with van der Waals surface area (Å²) in [5.41, 5.74) is 4.51. The van der Waals surface area contributed by atoms with Gasteiger partial charge in [-0.05, 0) is 86.1 Å². The molecule has 2 heterocycles. The van der Waals surface area contributed by atoms with Crippen LogP contribution in [-0.2, 0) is 12.1 Å². The van der Waals surface area contributed by atoms with E-state index in [-0.39, 0.29) is 5.91 Å². The van der Waals surface area contributed by atoms with E-state index in [4.69, 9.17) is 9.47 Å². The Hall–Kier alpha value is -3.34. The van der Waals surface area contributed by atoms with Crippen LogP contribution < -0.4 is 14.8 Å². The van der Waals surface area contributed by atoms with Crippen molar-refractivity contribution in [3.8, 4) is 22.6 Å². The van der Waals surface area contributed by atoms with Crippen LogP contribution in [0.25, 0.3) is 11.1 Å². The van der Waals surface area contributed by atoms with Gasteiger partial charge in [0.1, 0.15) is 18.1 Å². The van der Waals surface area contributed by atoms with E-state index < -0.39 is 5.54 Å². The van der Waals surface area contributed by atoms with Crippen molar-refractivity contribution in [1.29, 1.82) is 0 Å². The number of amides is 1. The van der Waals surface area contributed by atoms with E-state index in [1.807, 2.05) is 49.5 Å². The fourth-order valence-electron chi connectivity index (χ4n) is 5.05. The van der Waals surface area contributed by atoms with Gasteiger partial charge < -0.3 is 14.8 Å². The maximum absolute atomic E-state index is 13.5. The molecule has 0 saturated heterocycles. The number of fused-ring (bicyclic) bond motifs is 3. The van der Waals surface area contributed by atoms with Gasteiger partial charge in [-0.2, -0.15) is 0 Å². The smallest absolute Gasteiger partial charge is 0.252 e. The number of nitrogens with zero attached hydrogens (tertiary/aromatic N) is 1. The maximum atomic E-state index is 13.5. The average molecular weight is 443 g/mol. The van der Waals surface area contributed by atoms with Gasteiger partial charge in [-0.15, -0.1) is 0 Å². The third kappa shape index (κ3) is 4.20. The molecule has 0 bridgehead atoms. The van der Waals surface area contributed by atoms with Gasteiger partial charge in [-0.25, -0.2) is 0 Å². The SMILES string of the molecule is CCOc1cccc(C2(NC(=O)c3ccc4c(c3)OCc3cnccc3-4)CCC(C)CC2)c1. The minimum absolute atomic E-state index is 0.0710. The fraction of sp³-hybridized carbons (Fsp3) is 0.357. The van der Waals surface area contributed by atoms with Crippen LogP contribution in [0.4, 0.5) is 0 Å². The molecule has 1 aromatic heterocycles. The normalized spacial score (nSPS) is 21.3. The van der Waals surface area contributed by atoms with Gasteiger partial charge in [0.05, 0.1) is 12.1 Å². The molecule has 1 saturated carbocycles. The second-order valence-electron chi connectivity index (χ2n) is 9.21. The molecule has 1 fully saturated rings. The highest BCUT2D eigenvalue weighted by atomic mass is 16.5. The van der Waals surface area contributed by atoms with Gasteiger partial charge in [0.2, 0.25) is 0 Å². The van der Waals surface area contributed by atoms with Gasteiger partial charge in [0.25, 0.3) is 5.91 Å². The Labute approximate surface area is 195 Å². The minimum atomic E-state index is -0.397. The first kappa shape index (κ1) is 21.5. The molecule has 0 radical (unpaired) electrons. The van der Waals surface area contributed by atoms with E-state index in [2.05, 4.69) is 29.4 Å². The number of benzene rings is 2. The van der Waals surface area contributed by atoms with Crippen molar-refractivity contribution in [2.75, 3.05) is 6.61 Å². The zero-order valence-electron chi connectivity index (χ0n) is 19.3. The van der Waals surface area contributed by atoms with Crippen LogP contribution in [0.5, 0.6) is 11.5 Å². The van der Waals surface area contributed by atoms with Crippen LogP contribution in [-0.4, -0.2) is 17.5 Å². The van der Waals surface area contributed by atoms with Gasteiger partial charge in [0, 0.05) is 29.1 Å². The molecule has 5 rings (SSSR count). The highest BCUT2D eigenvalue weighted by molar-refractivity contribution is 5.96. The van der Waals surface area contributed by atoms with E-state index in [1.54, 1.807) is 6.20 Å². The number of nitrogens with one attached hydrogen (secondary N) is 1. The number of carbonyl (C=O) groups excluding carboxylic acids is 1. The van der Waals surface area contributed by atoms with Gasteiger partial charge >= 0.3 is 0 Å². The van der Waals surface area contributed by atoms with Crippen LogP contribution >= 0.6 is 0 Å². The lowest BCUT2D eigenvalue weighted by Gasteiger charge is -2.41. The summed E-state index contributed by atoms with van der Waals surface area (Å²) < 4.78 is 11.7. The Morgan fingerprint density at radius 1 is 1.15 bits per heavy atom.